The second-order valence-corrected chi connectivity index (χ2v) is 6.36. The normalized spacial score (nSPS) is 18.4. The number of rotatable bonds is 3. The Morgan fingerprint density at radius 2 is 2.16 bits per heavy atom. The molecule has 1 amide bonds. The van der Waals surface area contributed by atoms with Gasteiger partial charge in [0.2, 0.25) is 5.91 Å². The van der Waals surface area contributed by atoms with Crippen LogP contribution in [0.25, 0.3) is 5.52 Å². The van der Waals surface area contributed by atoms with Gasteiger partial charge >= 0.3 is 0 Å². The fourth-order valence-electron chi connectivity index (χ4n) is 3.49. The summed E-state index contributed by atoms with van der Waals surface area (Å²) in [6, 6.07) is 7.19. The molecule has 0 unspecified atom stereocenters. The number of fused-ring (bicyclic) bond motifs is 1. The highest BCUT2D eigenvalue weighted by atomic mass is 16.3. The third-order valence-electron chi connectivity index (χ3n) is 4.78. The molecule has 4 heterocycles. The Bertz CT molecular complexity index is 925. The number of hydrogen-bond acceptors (Lipinski definition) is 4. The second kappa shape index (κ2) is 6.58. The van der Waals surface area contributed by atoms with Crippen LogP contribution in [0.15, 0.2) is 52.3 Å². The van der Waals surface area contributed by atoms with Crippen molar-refractivity contribution in [3.8, 4) is 0 Å². The van der Waals surface area contributed by atoms with Crippen LogP contribution in [-0.2, 0) is 11.3 Å². The molecule has 3 aromatic rings. The zero-order valence-corrected chi connectivity index (χ0v) is 13.9. The maximum Gasteiger partial charge on any atom is 0.291 e. The molecule has 0 radical (unpaired) electrons. The topological polar surface area (TPSA) is 72.8 Å². The van der Waals surface area contributed by atoms with E-state index in [0.717, 1.165) is 31.4 Å². The first-order chi connectivity index (χ1) is 12.2. The molecule has 0 N–H and O–H groups in total. The average molecular weight is 340 g/mol. The summed E-state index contributed by atoms with van der Waals surface area (Å²) in [5, 5.41) is 4.12. The van der Waals surface area contributed by atoms with Crippen molar-refractivity contribution >= 4 is 11.4 Å². The minimum Gasteiger partial charge on any atom is -0.467 e. The number of carbonyl (C=O) groups excluding carboxylic acids is 1. The van der Waals surface area contributed by atoms with Crippen LogP contribution in [0, 0.1) is 0 Å². The molecule has 0 aromatic carbocycles. The Balaban J connectivity index is 1.61. The van der Waals surface area contributed by atoms with E-state index in [-0.39, 0.29) is 24.1 Å². The largest absolute Gasteiger partial charge is 0.467 e. The minimum atomic E-state index is -0.259. The van der Waals surface area contributed by atoms with Crippen molar-refractivity contribution in [2.45, 2.75) is 38.3 Å². The smallest absolute Gasteiger partial charge is 0.291 e. The van der Waals surface area contributed by atoms with Crippen molar-refractivity contribution in [1.82, 2.24) is 19.1 Å². The van der Waals surface area contributed by atoms with E-state index in [1.807, 2.05) is 17.0 Å². The lowest BCUT2D eigenvalue weighted by atomic mass is 10.1. The van der Waals surface area contributed by atoms with E-state index < -0.39 is 0 Å². The van der Waals surface area contributed by atoms with E-state index >= 15 is 0 Å². The summed E-state index contributed by atoms with van der Waals surface area (Å²) in [4.78, 5) is 27.2. The van der Waals surface area contributed by atoms with Gasteiger partial charge in [0.15, 0.2) is 0 Å². The van der Waals surface area contributed by atoms with E-state index in [9.17, 15) is 9.59 Å². The molecule has 1 saturated heterocycles. The number of carbonyl (C=O) groups is 1. The van der Waals surface area contributed by atoms with E-state index in [1.165, 1.54) is 4.68 Å². The van der Waals surface area contributed by atoms with Crippen molar-refractivity contribution in [2.75, 3.05) is 6.54 Å². The molecule has 0 aliphatic carbocycles. The standard InChI is InChI=1S/C18H20N4O3/c23-17(12-22-18(24)15-7-4-9-20(15)13-19-22)21-10-3-1-2-6-14(21)16-8-5-11-25-16/h4-5,7-9,11,13-14H,1-3,6,10,12H2/t14-/m0/s1. The minimum absolute atomic E-state index is 0.0578. The first-order valence-electron chi connectivity index (χ1n) is 8.60. The third kappa shape index (κ3) is 2.97. The number of furan rings is 1. The lowest BCUT2D eigenvalue weighted by Crippen LogP contribution is -2.39. The van der Waals surface area contributed by atoms with Crippen molar-refractivity contribution in [3.05, 3.63) is 59.2 Å². The molecule has 1 atom stereocenters. The van der Waals surface area contributed by atoms with E-state index in [0.29, 0.717) is 12.1 Å². The highest BCUT2D eigenvalue weighted by molar-refractivity contribution is 5.76. The van der Waals surface area contributed by atoms with Gasteiger partial charge in [-0.3, -0.25) is 9.59 Å². The van der Waals surface area contributed by atoms with Crippen LogP contribution in [0.4, 0.5) is 0 Å². The van der Waals surface area contributed by atoms with Crippen molar-refractivity contribution in [2.24, 2.45) is 0 Å². The fourth-order valence-corrected chi connectivity index (χ4v) is 3.49. The maximum absolute atomic E-state index is 12.9. The third-order valence-corrected chi connectivity index (χ3v) is 4.78. The lowest BCUT2D eigenvalue weighted by Gasteiger charge is -2.28. The number of aromatic nitrogens is 3. The van der Waals surface area contributed by atoms with Crippen LogP contribution in [-0.4, -0.2) is 31.5 Å². The van der Waals surface area contributed by atoms with Gasteiger partial charge in [-0.15, -0.1) is 0 Å². The molecule has 4 rings (SSSR count). The SMILES string of the molecule is O=C(Cn1ncn2cccc2c1=O)N1CCCCC[C@H]1c1ccco1. The fraction of sp³-hybridized carbons (Fsp3) is 0.389. The maximum atomic E-state index is 12.9. The van der Waals surface area contributed by atoms with Gasteiger partial charge < -0.3 is 13.7 Å². The summed E-state index contributed by atoms with van der Waals surface area (Å²) in [5.41, 5.74) is 0.256. The molecule has 0 spiro atoms. The molecule has 130 valence electrons. The second-order valence-electron chi connectivity index (χ2n) is 6.36. The zero-order valence-electron chi connectivity index (χ0n) is 13.9. The zero-order chi connectivity index (χ0) is 17.2. The summed E-state index contributed by atoms with van der Waals surface area (Å²) in [6.07, 6.45) is 8.94. The van der Waals surface area contributed by atoms with Crippen molar-refractivity contribution < 1.29 is 9.21 Å². The van der Waals surface area contributed by atoms with Crippen LogP contribution in [0.2, 0.25) is 0 Å². The number of amides is 1. The van der Waals surface area contributed by atoms with Crippen molar-refractivity contribution in [3.63, 3.8) is 0 Å². The van der Waals surface area contributed by atoms with E-state index in [1.54, 1.807) is 35.3 Å². The summed E-state index contributed by atoms with van der Waals surface area (Å²) in [6.45, 7) is 0.615. The quantitative estimate of drug-likeness (QED) is 0.733. The average Bonchev–Trinajstić information content (AvgIpc) is 3.25. The summed E-state index contributed by atoms with van der Waals surface area (Å²) < 4.78 is 8.44. The lowest BCUT2D eigenvalue weighted by molar-refractivity contribution is -0.135. The van der Waals surface area contributed by atoms with Gasteiger partial charge in [-0.2, -0.15) is 5.10 Å². The van der Waals surface area contributed by atoms with Crippen LogP contribution in [0.1, 0.15) is 37.5 Å². The van der Waals surface area contributed by atoms with Crippen LogP contribution in [0.5, 0.6) is 0 Å². The van der Waals surface area contributed by atoms with Gasteiger partial charge in [0.25, 0.3) is 5.56 Å². The molecule has 0 bridgehead atoms. The molecule has 1 aliphatic rings. The highest BCUT2D eigenvalue weighted by Crippen LogP contribution is 2.30. The monoisotopic (exact) mass is 340 g/mol. The Morgan fingerprint density at radius 1 is 1.24 bits per heavy atom. The molecule has 7 heteroatoms. The number of hydrogen-bond donors (Lipinski definition) is 0. The van der Waals surface area contributed by atoms with E-state index in [2.05, 4.69) is 5.10 Å². The van der Waals surface area contributed by atoms with Crippen LogP contribution < -0.4 is 5.56 Å². The molecule has 1 aliphatic heterocycles. The highest BCUT2D eigenvalue weighted by Gasteiger charge is 2.29. The molecule has 7 nitrogen and oxygen atoms in total. The van der Waals surface area contributed by atoms with Crippen LogP contribution >= 0.6 is 0 Å². The Morgan fingerprint density at radius 3 is 3.00 bits per heavy atom. The molecule has 25 heavy (non-hydrogen) atoms. The van der Waals surface area contributed by atoms with Gasteiger partial charge in [-0.25, -0.2) is 4.68 Å². The predicted molar refractivity (Wildman–Crippen MR) is 91.1 cm³/mol. The van der Waals surface area contributed by atoms with E-state index in [4.69, 9.17) is 4.42 Å². The summed E-state index contributed by atoms with van der Waals surface area (Å²) in [7, 11) is 0. The van der Waals surface area contributed by atoms with Gasteiger partial charge in [0.05, 0.1) is 12.3 Å². The molecule has 0 saturated carbocycles. The molecular formula is C18H20N4O3. The molecule has 3 aromatic heterocycles. The Kier molecular flexibility index (Phi) is 4.13. The Hall–Kier alpha value is -2.83. The van der Waals surface area contributed by atoms with Gasteiger partial charge in [-0.05, 0) is 37.1 Å². The van der Waals surface area contributed by atoms with Gasteiger partial charge in [0.1, 0.15) is 24.1 Å². The first-order valence-corrected chi connectivity index (χ1v) is 8.60. The summed E-state index contributed by atoms with van der Waals surface area (Å²) >= 11 is 0. The first kappa shape index (κ1) is 15.7. The summed E-state index contributed by atoms with van der Waals surface area (Å²) in [5.74, 6) is 0.700. The molecular weight excluding hydrogens is 320 g/mol. The number of nitrogens with zero attached hydrogens (tertiary/aromatic N) is 4. The van der Waals surface area contributed by atoms with Gasteiger partial charge in [-0.1, -0.05) is 12.8 Å². The van der Waals surface area contributed by atoms with Crippen molar-refractivity contribution in [1.29, 1.82) is 0 Å². The predicted octanol–water partition coefficient (Wildman–Crippen LogP) is 2.23. The molecule has 1 fully saturated rings. The number of likely N-dealkylation sites (tertiary alicyclic amines) is 1. The van der Waals surface area contributed by atoms with Crippen LogP contribution in [0.3, 0.4) is 0 Å². The Labute approximate surface area is 144 Å². The van der Waals surface area contributed by atoms with Gasteiger partial charge in [0, 0.05) is 12.7 Å².